The summed E-state index contributed by atoms with van der Waals surface area (Å²) in [5.41, 5.74) is 6.41. The number of ether oxygens (including phenoxy) is 1. The average Bonchev–Trinajstić information content (AvgIpc) is 2.38. The molecule has 0 fully saturated rings. The van der Waals surface area contributed by atoms with Crippen LogP contribution in [0.2, 0.25) is 5.02 Å². The largest absolute Gasteiger partial charge is 0.486 e. The van der Waals surface area contributed by atoms with E-state index >= 15 is 0 Å². The maximum absolute atomic E-state index is 12.9. The SMILES string of the molecule is Nc1cccc(C(=O)O)c1OCc1ccc(F)cc1Cl. The minimum absolute atomic E-state index is 0.00634. The zero-order valence-electron chi connectivity index (χ0n) is 10.3. The monoisotopic (exact) mass is 295 g/mol. The van der Waals surface area contributed by atoms with Crippen molar-refractivity contribution in [1.82, 2.24) is 0 Å². The van der Waals surface area contributed by atoms with Gasteiger partial charge in [-0.25, -0.2) is 9.18 Å². The fourth-order valence-corrected chi connectivity index (χ4v) is 1.89. The molecule has 2 aromatic rings. The highest BCUT2D eigenvalue weighted by Gasteiger charge is 2.14. The predicted octanol–water partition coefficient (Wildman–Crippen LogP) is 3.34. The van der Waals surface area contributed by atoms with Gasteiger partial charge in [-0.1, -0.05) is 23.7 Å². The summed E-state index contributed by atoms with van der Waals surface area (Å²) in [6.45, 7) is -0.00634. The van der Waals surface area contributed by atoms with Gasteiger partial charge in [0.1, 0.15) is 18.0 Å². The number of carbonyl (C=O) groups is 1. The summed E-state index contributed by atoms with van der Waals surface area (Å²) in [7, 11) is 0. The number of nitrogens with two attached hydrogens (primary N) is 1. The highest BCUT2D eigenvalue weighted by molar-refractivity contribution is 6.31. The molecule has 0 amide bonds. The summed E-state index contributed by atoms with van der Waals surface area (Å²) in [6, 6.07) is 8.33. The van der Waals surface area contributed by atoms with Crippen LogP contribution in [-0.4, -0.2) is 11.1 Å². The Labute approximate surface area is 119 Å². The van der Waals surface area contributed by atoms with E-state index in [0.717, 1.165) is 6.07 Å². The standard InChI is InChI=1S/C14H11ClFNO3/c15-11-6-9(16)5-4-8(11)7-20-13-10(14(18)19)2-1-3-12(13)17/h1-6H,7,17H2,(H,18,19). The molecule has 0 aliphatic heterocycles. The van der Waals surface area contributed by atoms with Gasteiger partial charge in [0.15, 0.2) is 5.75 Å². The molecule has 20 heavy (non-hydrogen) atoms. The molecule has 0 heterocycles. The van der Waals surface area contributed by atoms with E-state index in [1.165, 1.54) is 30.3 Å². The summed E-state index contributed by atoms with van der Waals surface area (Å²) in [6.07, 6.45) is 0. The molecule has 2 rings (SSSR count). The molecule has 0 saturated heterocycles. The molecule has 6 heteroatoms. The Hall–Kier alpha value is -2.27. The van der Waals surface area contributed by atoms with Crippen LogP contribution in [0.3, 0.4) is 0 Å². The maximum Gasteiger partial charge on any atom is 0.339 e. The number of hydrogen-bond donors (Lipinski definition) is 2. The molecule has 0 bridgehead atoms. The van der Waals surface area contributed by atoms with E-state index in [9.17, 15) is 9.18 Å². The fourth-order valence-electron chi connectivity index (χ4n) is 1.67. The Balaban J connectivity index is 2.25. The Bertz CT molecular complexity index is 661. The summed E-state index contributed by atoms with van der Waals surface area (Å²) < 4.78 is 18.3. The van der Waals surface area contributed by atoms with Gasteiger partial charge in [0.25, 0.3) is 0 Å². The Morgan fingerprint density at radius 1 is 1.35 bits per heavy atom. The van der Waals surface area contributed by atoms with Crippen LogP contribution in [0.25, 0.3) is 0 Å². The number of benzene rings is 2. The summed E-state index contributed by atoms with van der Waals surface area (Å²) >= 11 is 5.87. The molecule has 0 spiro atoms. The Morgan fingerprint density at radius 2 is 2.10 bits per heavy atom. The van der Waals surface area contributed by atoms with Crippen LogP contribution in [0.5, 0.6) is 5.75 Å². The van der Waals surface area contributed by atoms with Gasteiger partial charge >= 0.3 is 5.97 Å². The first-order valence-electron chi connectivity index (χ1n) is 5.67. The van der Waals surface area contributed by atoms with Crippen molar-refractivity contribution in [2.24, 2.45) is 0 Å². The van der Waals surface area contributed by atoms with Gasteiger partial charge < -0.3 is 15.6 Å². The third-order valence-electron chi connectivity index (χ3n) is 2.66. The number of hydrogen-bond acceptors (Lipinski definition) is 3. The van der Waals surface area contributed by atoms with Crippen LogP contribution < -0.4 is 10.5 Å². The van der Waals surface area contributed by atoms with Crippen molar-refractivity contribution in [2.75, 3.05) is 5.73 Å². The van der Waals surface area contributed by atoms with Gasteiger partial charge in [-0.3, -0.25) is 0 Å². The molecule has 0 aliphatic rings. The third kappa shape index (κ3) is 3.00. The number of halogens is 2. The van der Waals surface area contributed by atoms with Crippen LogP contribution in [0.1, 0.15) is 15.9 Å². The quantitative estimate of drug-likeness (QED) is 0.849. The molecule has 0 atom stereocenters. The molecule has 0 saturated carbocycles. The van der Waals surface area contributed by atoms with Crippen LogP contribution in [0.15, 0.2) is 36.4 Å². The molecule has 0 radical (unpaired) electrons. The van der Waals surface area contributed by atoms with E-state index in [4.69, 9.17) is 27.2 Å². The van der Waals surface area contributed by atoms with Gasteiger partial charge in [-0.15, -0.1) is 0 Å². The minimum atomic E-state index is -1.14. The molecule has 4 nitrogen and oxygen atoms in total. The van der Waals surface area contributed by atoms with E-state index in [2.05, 4.69) is 0 Å². The highest BCUT2D eigenvalue weighted by Crippen LogP contribution is 2.28. The lowest BCUT2D eigenvalue weighted by Crippen LogP contribution is -2.06. The topological polar surface area (TPSA) is 72.6 Å². The lowest BCUT2D eigenvalue weighted by molar-refractivity contribution is 0.0692. The number of anilines is 1. The number of para-hydroxylation sites is 1. The van der Waals surface area contributed by atoms with Crippen molar-refractivity contribution < 1.29 is 19.0 Å². The van der Waals surface area contributed by atoms with Gasteiger partial charge in [0.05, 0.1) is 10.7 Å². The van der Waals surface area contributed by atoms with Crippen molar-refractivity contribution in [3.8, 4) is 5.75 Å². The number of carboxylic acids is 1. The third-order valence-corrected chi connectivity index (χ3v) is 3.01. The van der Waals surface area contributed by atoms with Gasteiger partial charge in [0.2, 0.25) is 0 Å². The first kappa shape index (κ1) is 14.1. The molecule has 3 N–H and O–H groups in total. The van der Waals surface area contributed by atoms with Crippen LogP contribution in [-0.2, 0) is 6.61 Å². The van der Waals surface area contributed by atoms with Gasteiger partial charge in [0, 0.05) is 5.56 Å². The zero-order valence-corrected chi connectivity index (χ0v) is 11.0. The van der Waals surface area contributed by atoms with E-state index in [0.29, 0.717) is 5.56 Å². The second-order valence-corrected chi connectivity index (χ2v) is 4.46. The van der Waals surface area contributed by atoms with Crippen molar-refractivity contribution in [2.45, 2.75) is 6.61 Å². The minimum Gasteiger partial charge on any atom is -0.486 e. The van der Waals surface area contributed by atoms with E-state index in [-0.39, 0.29) is 28.6 Å². The van der Waals surface area contributed by atoms with Crippen LogP contribution in [0.4, 0.5) is 10.1 Å². The normalized spacial score (nSPS) is 10.3. The van der Waals surface area contributed by atoms with E-state index in [1.54, 1.807) is 0 Å². The molecule has 0 aromatic heterocycles. The van der Waals surface area contributed by atoms with Crippen molar-refractivity contribution >= 4 is 23.3 Å². The summed E-state index contributed by atoms with van der Waals surface area (Å²) in [5.74, 6) is -1.53. The number of aromatic carboxylic acids is 1. The lowest BCUT2D eigenvalue weighted by Gasteiger charge is -2.12. The summed E-state index contributed by atoms with van der Waals surface area (Å²) in [4.78, 5) is 11.1. The second-order valence-electron chi connectivity index (χ2n) is 4.05. The smallest absolute Gasteiger partial charge is 0.339 e. The predicted molar refractivity (Wildman–Crippen MR) is 73.6 cm³/mol. The number of rotatable bonds is 4. The maximum atomic E-state index is 12.9. The van der Waals surface area contributed by atoms with Gasteiger partial charge in [-0.2, -0.15) is 0 Å². The second kappa shape index (κ2) is 5.79. The summed E-state index contributed by atoms with van der Waals surface area (Å²) in [5, 5.41) is 9.27. The lowest BCUT2D eigenvalue weighted by atomic mass is 10.1. The first-order chi connectivity index (χ1) is 9.49. The average molecular weight is 296 g/mol. The van der Waals surface area contributed by atoms with E-state index < -0.39 is 11.8 Å². The molecule has 0 unspecified atom stereocenters. The Morgan fingerprint density at radius 3 is 2.75 bits per heavy atom. The molecular weight excluding hydrogens is 285 g/mol. The molecule has 104 valence electrons. The van der Waals surface area contributed by atoms with Gasteiger partial charge in [-0.05, 0) is 24.3 Å². The molecule has 0 aliphatic carbocycles. The van der Waals surface area contributed by atoms with Crippen molar-refractivity contribution in [3.63, 3.8) is 0 Å². The number of nitrogen functional groups attached to an aromatic ring is 1. The first-order valence-corrected chi connectivity index (χ1v) is 6.05. The fraction of sp³-hybridized carbons (Fsp3) is 0.0714. The molecular formula is C14H11ClFNO3. The Kier molecular flexibility index (Phi) is 4.10. The highest BCUT2D eigenvalue weighted by atomic mass is 35.5. The number of carboxylic acid groups (broad SMARTS) is 1. The van der Waals surface area contributed by atoms with Crippen molar-refractivity contribution in [3.05, 3.63) is 58.4 Å². The van der Waals surface area contributed by atoms with E-state index in [1.807, 2.05) is 0 Å². The van der Waals surface area contributed by atoms with Crippen LogP contribution in [0, 0.1) is 5.82 Å². The van der Waals surface area contributed by atoms with Crippen molar-refractivity contribution in [1.29, 1.82) is 0 Å². The molecule has 2 aromatic carbocycles. The zero-order chi connectivity index (χ0) is 14.7. The van der Waals surface area contributed by atoms with Crippen LogP contribution >= 0.6 is 11.6 Å².